The Labute approximate surface area is 178 Å². The number of rotatable bonds is 5. The van der Waals surface area contributed by atoms with E-state index in [1.807, 2.05) is 0 Å². The van der Waals surface area contributed by atoms with Crippen LogP contribution < -0.4 is 5.32 Å². The molecule has 2 N–H and O–H groups in total. The van der Waals surface area contributed by atoms with Crippen molar-refractivity contribution in [1.29, 1.82) is 0 Å². The van der Waals surface area contributed by atoms with Crippen molar-refractivity contribution in [2.24, 2.45) is 13.0 Å². The van der Waals surface area contributed by atoms with Crippen LogP contribution in [-0.4, -0.2) is 42.2 Å². The summed E-state index contributed by atoms with van der Waals surface area (Å²) in [5.74, 6) is -5.20. The molecule has 1 aliphatic rings. The molecule has 2 unspecified atom stereocenters. The Kier molecular flexibility index (Phi) is 5.42. The monoisotopic (exact) mass is 455 g/mol. The molecule has 1 saturated carbocycles. The lowest BCUT2D eigenvalue weighted by Gasteiger charge is -2.23. The van der Waals surface area contributed by atoms with Crippen molar-refractivity contribution in [2.45, 2.75) is 37.3 Å². The fourth-order valence-electron chi connectivity index (χ4n) is 4.03. The molecular formula is C19H18F5N7O. The number of benzene rings is 1. The van der Waals surface area contributed by atoms with Gasteiger partial charge in [0, 0.05) is 31.5 Å². The second-order valence-corrected chi connectivity index (χ2v) is 7.73. The van der Waals surface area contributed by atoms with Crippen molar-refractivity contribution < 1.29 is 26.7 Å². The zero-order chi connectivity index (χ0) is 23.1. The lowest BCUT2D eigenvalue weighted by molar-refractivity contribution is -0.143. The summed E-state index contributed by atoms with van der Waals surface area (Å²) >= 11 is 0. The van der Waals surface area contributed by atoms with Gasteiger partial charge in [0.15, 0.2) is 11.6 Å². The molecule has 170 valence electrons. The summed E-state index contributed by atoms with van der Waals surface area (Å²) in [5, 5.41) is 19.4. The first kappa shape index (κ1) is 21.8. The van der Waals surface area contributed by atoms with E-state index in [0.29, 0.717) is 27.7 Å². The van der Waals surface area contributed by atoms with Crippen LogP contribution in [0, 0.1) is 5.92 Å². The number of nitrogens with one attached hydrogen (secondary N) is 2. The van der Waals surface area contributed by atoms with Crippen LogP contribution in [0.15, 0.2) is 30.3 Å². The number of nitrogens with zero attached hydrogens (tertiary/aromatic N) is 5. The molecule has 32 heavy (non-hydrogen) atoms. The third-order valence-corrected chi connectivity index (χ3v) is 5.51. The number of carbonyl (C=O) groups is 1. The van der Waals surface area contributed by atoms with Crippen LogP contribution in [-0.2, 0) is 18.0 Å². The molecule has 0 aliphatic heterocycles. The topological polar surface area (TPSA) is 101 Å². The molecule has 0 radical (unpaired) electrons. The molecule has 2 atom stereocenters. The van der Waals surface area contributed by atoms with Gasteiger partial charge in [0.2, 0.25) is 11.8 Å². The molecule has 2 heterocycles. The van der Waals surface area contributed by atoms with Gasteiger partial charge in [-0.05, 0) is 28.3 Å². The highest BCUT2D eigenvalue weighted by molar-refractivity contribution is 5.95. The van der Waals surface area contributed by atoms with Gasteiger partial charge in [0.1, 0.15) is 5.69 Å². The molecule has 4 rings (SSSR count). The van der Waals surface area contributed by atoms with Gasteiger partial charge in [-0.3, -0.25) is 9.48 Å². The minimum absolute atomic E-state index is 0.106. The fourth-order valence-corrected chi connectivity index (χ4v) is 4.03. The number of aromatic amines is 1. The molecular weight excluding hydrogens is 437 g/mol. The Morgan fingerprint density at radius 1 is 1.28 bits per heavy atom. The Balaban J connectivity index is 1.62. The van der Waals surface area contributed by atoms with E-state index in [1.54, 1.807) is 24.3 Å². The van der Waals surface area contributed by atoms with Crippen LogP contribution in [0.2, 0.25) is 0 Å². The number of hydrogen-bond donors (Lipinski definition) is 2. The maximum atomic E-state index is 13.9. The zero-order valence-corrected chi connectivity index (χ0v) is 16.7. The normalized spacial score (nSPS) is 19.1. The molecule has 8 nitrogen and oxygen atoms in total. The number of aryl methyl sites for hydroxylation is 1. The SMILES string of the molecule is Cn1nc(NC(=O)C(c2ccc(-c3nnn[nH]3)cc2)C2CCC(F)(F)C2)cc1C(F)(F)F. The first-order valence-electron chi connectivity index (χ1n) is 9.67. The van der Waals surface area contributed by atoms with E-state index in [0.717, 1.165) is 7.05 Å². The van der Waals surface area contributed by atoms with Gasteiger partial charge >= 0.3 is 6.18 Å². The Hall–Kier alpha value is -3.38. The summed E-state index contributed by atoms with van der Waals surface area (Å²) in [6.07, 6.45) is -5.39. The van der Waals surface area contributed by atoms with Crippen molar-refractivity contribution in [2.75, 3.05) is 5.32 Å². The number of tetrazole rings is 1. The van der Waals surface area contributed by atoms with E-state index in [1.165, 1.54) is 0 Å². The smallest absolute Gasteiger partial charge is 0.309 e. The van der Waals surface area contributed by atoms with E-state index < -0.39 is 42.0 Å². The van der Waals surface area contributed by atoms with Gasteiger partial charge in [-0.2, -0.15) is 18.3 Å². The Morgan fingerprint density at radius 3 is 2.53 bits per heavy atom. The minimum Gasteiger partial charge on any atom is -0.309 e. The highest BCUT2D eigenvalue weighted by Crippen LogP contribution is 2.46. The molecule has 3 aromatic rings. The number of alkyl halides is 5. The second-order valence-electron chi connectivity index (χ2n) is 7.73. The third kappa shape index (κ3) is 4.46. The minimum atomic E-state index is -4.65. The molecule has 0 bridgehead atoms. The maximum absolute atomic E-state index is 13.9. The van der Waals surface area contributed by atoms with E-state index in [4.69, 9.17) is 0 Å². The molecule has 0 saturated heterocycles. The van der Waals surface area contributed by atoms with Crippen molar-refractivity contribution in [3.63, 3.8) is 0 Å². The van der Waals surface area contributed by atoms with Crippen molar-refractivity contribution in [1.82, 2.24) is 30.4 Å². The standard InChI is InChI=1S/C19H18F5N7O/c1-31-13(19(22,23)24)8-14(28-31)25-17(32)15(12-6-7-18(20,21)9-12)10-2-4-11(5-3-10)16-26-29-30-27-16/h2-5,8,12,15H,6-7,9H2,1H3,(H,25,28,32)(H,26,27,29,30). The molecule has 1 aromatic carbocycles. The van der Waals surface area contributed by atoms with E-state index in [-0.39, 0.29) is 18.7 Å². The summed E-state index contributed by atoms with van der Waals surface area (Å²) < 4.78 is 67.5. The first-order valence-corrected chi connectivity index (χ1v) is 9.67. The lowest BCUT2D eigenvalue weighted by Crippen LogP contribution is -2.27. The predicted molar refractivity (Wildman–Crippen MR) is 101 cm³/mol. The molecule has 1 aliphatic carbocycles. The van der Waals surface area contributed by atoms with Crippen LogP contribution in [0.1, 0.15) is 36.4 Å². The van der Waals surface area contributed by atoms with Crippen LogP contribution in [0.25, 0.3) is 11.4 Å². The maximum Gasteiger partial charge on any atom is 0.433 e. The lowest BCUT2D eigenvalue weighted by atomic mass is 9.83. The van der Waals surface area contributed by atoms with Crippen LogP contribution in [0.4, 0.5) is 27.8 Å². The Bertz CT molecular complexity index is 1090. The molecule has 1 amide bonds. The van der Waals surface area contributed by atoms with Gasteiger partial charge in [-0.1, -0.05) is 24.3 Å². The average molecular weight is 455 g/mol. The molecule has 13 heteroatoms. The number of anilines is 1. The van der Waals surface area contributed by atoms with E-state index in [9.17, 15) is 26.7 Å². The number of aromatic nitrogens is 6. The fraction of sp³-hybridized carbons (Fsp3) is 0.421. The van der Waals surface area contributed by atoms with Gasteiger partial charge < -0.3 is 5.32 Å². The van der Waals surface area contributed by atoms with Crippen LogP contribution in [0.3, 0.4) is 0 Å². The average Bonchev–Trinajstić information content (AvgIpc) is 3.43. The zero-order valence-electron chi connectivity index (χ0n) is 16.7. The van der Waals surface area contributed by atoms with Gasteiger partial charge in [-0.25, -0.2) is 13.9 Å². The second kappa shape index (κ2) is 7.95. The van der Waals surface area contributed by atoms with Gasteiger partial charge in [-0.15, -0.1) is 5.10 Å². The number of halogens is 5. The number of hydrogen-bond acceptors (Lipinski definition) is 5. The highest BCUT2D eigenvalue weighted by atomic mass is 19.4. The molecule has 0 spiro atoms. The van der Waals surface area contributed by atoms with E-state index in [2.05, 4.69) is 31.0 Å². The predicted octanol–water partition coefficient (Wildman–Crippen LogP) is 3.78. The van der Waals surface area contributed by atoms with Crippen LogP contribution >= 0.6 is 0 Å². The molecule has 1 fully saturated rings. The van der Waals surface area contributed by atoms with Crippen molar-refractivity contribution >= 4 is 11.7 Å². The number of carbonyl (C=O) groups excluding carboxylic acids is 1. The highest BCUT2D eigenvalue weighted by Gasteiger charge is 2.45. The van der Waals surface area contributed by atoms with Crippen LogP contribution in [0.5, 0.6) is 0 Å². The summed E-state index contributed by atoms with van der Waals surface area (Å²) in [7, 11) is 1.10. The quantitative estimate of drug-likeness (QED) is 0.571. The third-order valence-electron chi connectivity index (χ3n) is 5.51. The number of H-pyrrole nitrogens is 1. The van der Waals surface area contributed by atoms with Crippen molar-refractivity contribution in [3.8, 4) is 11.4 Å². The largest absolute Gasteiger partial charge is 0.433 e. The first-order chi connectivity index (χ1) is 15.0. The summed E-state index contributed by atoms with van der Waals surface area (Å²) in [6.45, 7) is 0. The van der Waals surface area contributed by atoms with Gasteiger partial charge in [0.05, 0.1) is 5.92 Å². The van der Waals surface area contributed by atoms with Gasteiger partial charge in [0.25, 0.3) is 0 Å². The summed E-state index contributed by atoms with van der Waals surface area (Å²) in [5.41, 5.74) is 0.0318. The summed E-state index contributed by atoms with van der Waals surface area (Å²) in [6, 6.07) is 7.16. The molecule has 2 aromatic heterocycles. The summed E-state index contributed by atoms with van der Waals surface area (Å²) in [4.78, 5) is 13.1. The van der Waals surface area contributed by atoms with Crippen molar-refractivity contribution in [3.05, 3.63) is 41.6 Å². The van der Waals surface area contributed by atoms with E-state index >= 15 is 0 Å². The number of amides is 1. The Morgan fingerprint density at radius 2 is 2.00 bits per heavy atom.